The second kappa shape index (κ2) is 5.16. The van der Waals surface area contributed by atoms with Gasteiger partial charge in [-0.1, -0.05) is 13.8 Å². The molecule has 0 saturated heterocycles. The van der Waals surface area contributed by atoms with E-state index in [0.29, 0.717) is 30.1 Å². The van der Waals surface area contributed by atoms with Crippen molar-refractivity contribution in [3.05, 3.63) is 0 Å². The van der Waals surface area contributed by atoms with Crippen molar-refractivity contribution in [2.75, 3.05) is 0 Å². The zero-order chi connectivity index (χ0) is 17.3. The number of hydrogen-bond acceptors (Lipinski definition) is 3. The molecule has 3 heteroatoms. The van der Waals surface area contributed by atoms with Gasteiger partial charge in [-0.05, 0) is 86.4 Å². The van der Waals surface area contributed by atoms with Crippen molar-refractivity contribution in [1.82, 2.24) is 0 Å². The van der Waals surface area contributed by atoms with Gasteiger partial charge in [0.25, 0.3) is 0 Å². The Morgan fingerprint density at radius 3 is 2.46 bits per heavy atom. The normalized spacial score (nSPS) is 57.0. The lowest BCUT2D eigenvalue weighted by molar-refractivity contribution is -0.159. The molecular weight excluding hydrogens is 300 g/mol. The molecule has 4 aliphatic rings. The Kier molecular flexibility index (Phi) is 3.60. The number of carbonyl (C=O) groups excluding carboxylic acids is 2. The molecular formula is C21H32O3. The Bertz CT molecular complexity index is 567. The summed E-state index contributed by atoms with van der Waals surface area (Å²) in [6, 6.07) is 0. The molecule has 4 fully saturated rings. The molecule has 0 aromatic rings. The van der Waals surface area contributed by atoms with Crippen LogP contribution in [0.15, 0.2) is 0 Å². The molecule has 0 aliphatic heterocycles. The Labute approximate surface area is 145 Å². The Morgan fingerprint density at radius 1 is 1.04 bits per heavy atom. The van der Waals surface area contributed by atoms with Crippen molar-refractivity contribution < 1.29 is 14.7 Å². The average molecular weight is 332 g/mol. The molecule has 0 aromatic heterocycles. The minimum absolute atomic E-state index is 0.0475. The Morgan fingerprint density at radius 2 is 1.75 bits per heavy atom. The molecule has 0 bridgehead atoms. The highest BCUT2D eigenvalue weighted by Gasteiger charge is 2.63. The summed E-state index contributed by atoms with van der Waals surface area (Å²) in [6.07, 6.45) is 8.93. The first-order valence-electron chi connectivity index (χ1n) is 9.93. The topological polar surface area (TPSA) is 54.4 Å². The summed E-state index contributed by atoms with van der Waals surface area (Å²) in [5.74, 6) is 2.17. The van der Waals surface area contributed by atoms with Crippen LogP contribution in [0.4, 0.5) is 0 Å². The van der Waals surface area contributed by atoms with Gasteiger partial charge in [-0.15, -0.1) is 0 Å². The maximum absolute atomic E-state index is 12.2. The maximum atomic E-state index is 12.2. The summed E-state index contributed by atoms with van der Waals surface area (Å²) >= 11 is 0. The van der Waals surface area contributed by atoms with E-state index >= 15 is 0 Å². The van der Waals surface area contributed by atoms with Crippen molar-refractivity contribution in [1.29, 1.82) is 0 Å². The number of Topliss-reactive ketones (excluding diaryl/α,β-unsaturated/α-hetero) is 1. The van der Waals surface area contributed by atoms with Crippen LogP contribution in [-0.4, -0.2) is 22.8 Å². The molecule has 0 amide bonds. The summed E-state index contributed by atoms with van der Waals surface area (Å²) < 4.78 is 0. The SMILES string of the molecule is C[C@]12CC(C=O)C(=O)CC1CCC1C2CC[C@]2(C)C1CC[C@]2(C)O. The summed E-state index contributed by atoms with van der Waals surface area (Å²) in [5.41, 5.74) is -0.349. The first-order chi connectivity index (χ1) is 11.2. The highest BCUT2D eigenvalue weighted by Crippen LogP contribution is 2.68. The zero-order valence-corrected chi connectivity index (χ0v) is 15.4. The lowest BCUT2D eigenvalue weighted by Crippen LogP contribution is -2.57. The minimum Gasteiger partial charge on any atom is -0.390 e. The molecule has 0 heterocycles. The minimum atomic E-state index is -0.533. The van der Waals surface area contributed by atoms with Gasteiger partial charge >= 0.3 is 0 Å². The standard InChI is InChI=1S/C21H32O3/c1-19-11-13(12-22)18(23)10-14(19)4-5-15-16(19)6-8-20(2)17(15)7-9-21(20,3)24/h12-17,24H,4-11H2,1-3H3/t13?,14?,15?,16?,17?,19-,20+,21-/m0/s1. The number of ketones is 1. The summed E-state index contributed by atoms with van der Waals surface area (Å²) in [5, 5.41) is 11.0. The quantitative estimate of drug-likeness (QED) is 0.587. The van der Waals surface area contributed by atoms with Gasteiger partial charge in [0, 0.05) is 6.42 Å². The highest BCUT2D eigenvalue weighted by atomic mass is 16.3. The van der Waals surface area contributed by atoms with Gasteiger partial charge in [-0.3, -0.25) is 4.79 Å². The highest BCUT2D eigenvalue weighted by molar-refractivity contribution is 5.94. The van der Waals surface area contributed by atoms with Crippen LogP contribution >= 0.6 is 0 Å². The molecule has 8 atom stereocenters. The molecule has 0 radical (unpaired) electrons. The van der Waals surface area contributed by atoms with Crippen LogP contribution in [0.3, 0.4) is 0 Å². The van der Waals surface area contributed by atoms with E-state index in [9.17, 15) is 14.7 Å². The second-order valence-electron chi connectivity index (χ2n) is 10.0. The molecule has 4 aliphatic carbocycles. The zero-order valence-electron chi connectivity index (χ0n) is 15.4. The molecule has 5 unspecified atom stereocenters. The van der Waals surface area contributed by atoms with Crippen molar-refractivity contribution in [2.24, 2.45) is 40.4 Å². The predicted octanol–water partition coefficient (Wildman–Crippen LogP) is 3.77. The van der Waals surface area contributed by atoms with Crippen molar-refractivity contribution in [3.8, 4) is 0 Å². The molecule has 24 heavy (non-hydrogen) atoms. The van der Waals surface area contributed by atoms with Crippen LogP contribution in [0.5, 0.6) is 0 Å². The van der Waals surface area contributed by atoms with Gasteiger partial charge in [0.15, 0.2) is 0 Å². The predicted molar refractivity (Wildman–Crippen MR) is 92.3 cm³/mol. The van der Waals surface area contributed by atoms with Crippen molar-refractivity contribution in [2.45, 2.75) is 77.7 Å². The summed E-state index contributed by atoms with van der Waals surface area (Å²) in [6.45, 7) is 6.73. The number of carbonyl (C=O) groups is 2. The van der Waals surface area contributed by atoms with E-state index in [2.05, 4.69) is 13.8 Å². The van der Waals surface area contributed by atoms with Crippen LogP contribution in [0.2, 0.25) is 0 Å². The van der Waals surface area contributed by atoms with E-state index in [1.807, 2.05) is 6.92 Å². The molecule has 0 aromatic carbocycles. The van der Waals surface area contributed by atoms with Crippen molar-refractivity contribution >= 4 is 12.1 Å². The number of fused-ring (bicyclic) bond motifs is 5. The third-order valence-corrected chi connectivity index (χ3v) is 9.31. The lowest BCUT2D eigenvalue weighted by atomic mass is 9.44. The maximum Gasteiger partial charge on any atom is 0.143 e. The fourth-order valence-corrected chi connectivity index (χ4v) is 7.54. The van der Waals surface area contributed by atoms with Gasteiger partial charge in [-0.2, -0.15) is 0 Å². The van der Waals surface area contributed by atoms with E-state index in [4.69, 9.17) is 0 Å². The third-order valence-electron chi connectivity index (χ3n) is 9.31. The summed E-state index contributed by atoms with van der Waals surface area (Å²) in [4.78, 5) is 23.6. The van der Waals surface area contributed by atoms with Crippen LogP contribution in [0.1, 0.15) is 72.1 Å². The molecule has 4 rings (SSSR count). The average Bonchev–Trinajstić information content (AvgIpc) is 2.77. The van der Waals surface area contributed by atoms with E-state index in [1.165, 1.54) is 6.42 Å². The van der Waals surface area contributed by atoms with Gasteiger partial charge in [0.1, 0.15) is 12.1 Å². The van der Waals surface area contributed by atoms with Crippen molar-refractivity contribution in [3.63, 3.8) is 0 Å². The molecule has 3 nitrogen and oxygen atoms in total. The Balaban J connectivity index is 1.66. The molecule has 4 saturated carbocycles. The molecule has 134 valence electrons. The number of hydrogen-bond donors (Lipinski definition) is 1. The van der Waals surface area contributed by atoms with E-state index in [1.54, 1.807) is 0 Å². The van der Waals surface area contributed by atoms with E-state index in [0.717, 1.165) is 44.8 Å². The van der Waals surface area contributed by atoms with Crippen LogP contribution in [-0.2, 0) is 9.59 Å². The number of aldehydes is 1. The third kappa shape index (κ3) is 2.00. The van der Waals surface area contributed by atoms with Gasteiger partial charge in [-0.25, -0.2) is 0 Å². The van der Waals surface area contributed by atoms with Gasteiger partial charge in [0.2, 0.25) is 0 Å². The fourth-order valence-electron chi connectivity index (χ4n) is 7.54. The van der Waals surface area contributed by atoms with E-state index in [-0.39, 0.29) is 22.5 Å². The van der Waals surface area contributed by atoms with Crippen LogP contribution < -0.4 is 0 Å². The molecule has 1 N–H and O–H groups in total. The monoisotopic (exact) mass is 332 g/mol. The number of aliphatic hydroxyl groups is 1. The van der Waals surface area contributed by atoms with E-state index < -0.39 is 5.60 Å². The van der Waals surface area contributed by atoms with Gasteiger partial charge < -0.3 is 9.90 Å². The molecule has 0 spiro atoms. The summed E-state index contributed by atoms with van der Waals surface area (Å²) in [7, 11) is 0. The van der Waals surface area contributed by atoms with Gasteiger partial charge in [0.05, 0.1) is 11.5 Å². The Hall–Kier alpha value is -0.700. The number of rotatable bonds is 1. The second-order valence-corrected chi connectivity index (χ2v) is 10.0. The first kappa shape index (κ1) is 16.8. The fraction of sp³-hybridized carbons (Fsp3) is 0.905. The van der Waals surface area contributed by atoms with Crippen LogP contribution in [0, 0.1) is 40.4 Å². The smallest absolute Gasteiger partial charge is 0.143 e. The largest absolute Gasteiger partial charge is 0.390 e. The first-order valence-corrected chi connectivity index (χ1v) is 9.93. The van der Waals surface area contributed by atoms with Crippen LogP contribution in [0.25, 0.3) is 0 Å². The lowest BCUT2D eigenvalue weighted by Gasteiger charge is -2.61.